The van der Waals surface area contributed by atoms with Crippen molar-refractivity contribution >= 4 is 0 Å². The van der Waals surface area contributed by atoms with Gasteiger partial charge in [-0.1, -0.05) is 23.8 Å². The Morgan fingerprint density at radius 3 is 2.48 bits per heavy atom. The number of hydrogen-bond donors (Lipinski definition) is 1. The van der Waals surface area contributed by atoms with E-state index in [4.69, 9.17) is 4.74 Å². The molecule has 0 aromatic heterocycles. The van der Waals surface area contributed by atoms with Crippen molar-refractivity contribution in [1.82, 2.24) is 4.90 Å². The minimum absolute atomic E-state index is 0.150. The molecule has 114 valence electrons. The average molecular weight is 287 g/mol. The summed E-state index contributed by atoms with van der Waals surface area (Å²) in [4.78, 5) is 2.15. The number of fused-ring (bicyclic) bond motifs is 1. The van der Waals surface area contributed by atoms with Crippen LogP contribution in [0.1, 0.15) is 31.1 Å². The molecule has 21 heavy (non-hydrogen) atoms. The molecular formula is C18H25NO2. The average Bonchev–Trinajstić information content (AvgIpc) is 2.40. The Hall–Kier alpha value is -1.58. The minimum atomic E-state index is -0.594. The van der Waals surface area contributed by atoms with Gasteiger partial charge in [-0.05, 0) is 32.9 Å². The zero-order valence-corrected chi connectivity index (χ0v) is 13.2. The largest absolute Gasteiger partial charge is 0.486 e. The van der Waals surface area contributed by atoms with Crippen molar-refractivity contribution in [2.75, 3.05) is 13.1 Å². The number of hydrogen-bond acceptors (Lipinski definition) is 3. The standard InChI is InChI=1S/C18H25NO2/c1-6-10-19(11-7-2)17-16(20)14-12-13(3)8-9-15(14)21-18(17,4)5/h6-9,12,16-17,20H,1-2,10-11H2,3-5H3. The third-order valence-corrected chi connectivity index (χ3v) is 3.99. The molecule has 1 aliphatic rings. The number of benzene rings is 1. The molecule has 0 bridgehead atoms. The third kappa shape index (κ3) is 3.04. The van der Waals surface area contributed by atoms with Crippen molar-refractivity contribution < 1.29 is 9.84 Å². The summed E-state index contributed by atoms with van der Waals surface area (Å²) in [5.41, 5.74) is 1.49. The maximum absolute atomic E-state index is 10.9. The highest BCUT2D eigenvalue weighted by Gasteiger charge is 2.45. The summed E-state index contributed by atoms with van der Waals surface area (Å²) >= 11 is 0. The Balaban J connectivity index is 2.44. The summed E-state index contributed by atoms with van der Waals surface area (Å²) in [5, 5.41) is 10.9. The monoisotopic (exact) mass is 287 g/mol. The molecule has 1 aromatic rings. The smallest absolute Gasteiger partial charge is 0.126 e. The molecule has 2 unspecified atom stereocenters. The van der Waals surface area contributed by atoms with Crippen LogP contribution in [0.25, 0.3) is 0 Å². The van der Waals surface area contributed by atoms with Gasteiger partial charge in [0.05, 0.1) is 6.04 Å². The summed E-state index contributed by atoms with van der Waals surface area (Å²) in [6.45, 7) is 15.0. The molecule has 1 N–H and O–H groups in total. The lowest BCUT2D eigenvalue weighted by Crippen LogP contribution is -2.58. The number of ether oxygens (including phenoxy) is 1. The van der Waals surface area contributed by atoms with Gasteiger partial charge in [0.2, 0.25) is 0 Å². The topological polar surface area (TPSA) is 32.7 Å². The maximum atomic E-state index is 10.9. The fraction of sp³-hybridized carbons (Fsp3) is 0.444. The maximum Gasteiger partial charge on any atom is 0.126 e. The second-order valence-corrected chi connectivity index (χ2v) is 6.17. The Labute approximate surface area is 127 Å². The van der Waals surface area contributed by atoms with Crippen molar-refractivity contribution in [1.29, 1.82) is 0 Å². The van der Waals surface area contributed by atoms with Crippen LogP contribution < -0.4 is 4.74 Å². The Bertz CT molecular complexity index is 526. The molecule has 0 aliphatic carbocycles. The van der Waals surface area contributed by atoms with E-state index >= 15 is 0 Å². The molecule has 0 saturated heterocycles. The molecule has 3 nitrogen and oxygen atoms in total. The summed E-state index contributed by atoms with van der Waals surface area (Å²) in [5.74, 6) is 0.770. The first kappa shape index (κ1) is 15.8. The SMILES string of the molecule is C=CCN(CC=C)C1C(O)c2cc(C)ccc2OC1(C)C. The number of aliphatic hydroxyl groups is 1. The number of aryl methyl sites for hydroxylation is 1. The quantitative estimate of drug-likeness (QED) is 0.844. The molecule has 1 aliphatic heterocycles. The second-order valence-electron chi connectivity index (χ2n) is 6.17. The molecule has 2 atom stereocenters. The molecule has 0 spiro atoms. The van der Waals surface area contributed by atoms with Gasteiger partial charge in [-0.3, -0.25) is 4.90 Å². The van der Waals surface area contributed by atoms with Crippen molar-refractivity contribution in [3.05, 3.63) is 54.6 Å². The number of aliphatic hydroxyl groups excluding tert-OH is 1. The molecule has 0 amide bonds. The zero-order chi connectivity index (χ0) is 15.6. The van der Waals surface area contributed by atoms with Crippen molar-refractivity contribution in [2.45, 2.75) is 38.5 Å². The van der Waals surface area contributed by atoms with Gasteiger partial charge in [0.1, 0.15) is 17.5 Å². The van der Waals surface area contributed by atoms with E-state index < -0.39 is 11.7 Å². The van der Waals surface area contributed by atoms with Crippen LogP contribution in [-0.2, 0) is 0 Å². The van der Waals surface area contributed by atoms with E-state index in [1.165, 1.54) is 0 Å². The fourth-order valence-electron chi connectivity index (χ4n) is 3.16. The van der Waals surface area contributed by atoms with Gasteiger partial charge in [0, 0.05) is 18.7 Å². The second kappa shape index (κ2) is 6.04. The molecule has 0 fully saturated rings. The van der Waals surface area contributed by atoms with Crippen LogP contribution in [0.15, 0.2) is 43.5 Å². The third-order valence-electron chi connectivity index (χ3n) is 3.99. The van der Waals surface area contributed by atoms with Crippen LogP contribution in [-0.4, -0.2) is 34.7 Å². The van der Waals surface area contributed by atoms with E-state index in [1.807, 2.05) is 51.1 Å². The van der Waals surface area contributed by atoms with Crippen molar-refractivity contribution in [3.63, 3.8) is 0 Å². The first-order valence-electron chi connectivity index (χ1n) is 7.34. The highest BCUT2D eigenvalue weighted by atomic mass is 16.5. The van der Waals surface area contributed by atoms with Gasteiger partial charge in [-0.15, -0.1) is 13.2 Å². The van der Waals surface area contributed by atoms with E-state index in [0.29, 0.717) is 13.1 Å². The van der Waals surface area contributed by atoms with E-state index in [0.717, 1.165) is 16.9 Å². The van der Waals surface area contributed by atoms with Crippen LogP contribution >= 0.6 is 0 Å². The van der Waals surface area contributed by atoms with Crippen LogP contribution in [0.5, 0.6) is 5.75 Å². The van der Waals surface area contributed by atoms with Gasteiger partial charge in [-0.25, -0.2) is 0 Å². The summed E-state index contributed by atoms with van der Waals surface area (Å²) in [6.07, 6.45) is 3.10. The molecule has 1 aromatic carbocycles. The molecule has 3 heteroatoms. The van der Waals surface area contributed by atoms with Gasteiger partial charge >= 0.3 is 0 Å². The van der Waals surface area contributed by atoms with E-state index in [1.54, 1.807) is 0 Å². The molecule has 0 radical (unpaired) electrons. The molecule has 0 saturated carbocycles. The van der Waals surface area contributed by atoms with Crippen molar-refractivity contribution in [2.24, 2.45) is 0 Å². The zero-order valence-electron chi connectivity index (χ0n) is 13.2. The van der Waals surface area contributed by atoms with E-state index in [9.17, 15) is 5.11 Å². The normalized spacial score (nSPS) is 23.3. The highest BCUT2D eigenvalue weighted by molar-refractivity contribution is 5.42. The number of rotatable bonds is 5. The summed E-state index contributed by atoms with van der Waals surface area (Å²) in [7, 11) is 0. The molecule has 1 heterocycles. The summed E-state index contributed by atoms with van der Waals surface area (Å²) in [6, 6.07) is 5.80. The lowest BCUT2D eigenvalue weighted by Gasteiger charge is -2.47. The predicted octanol–water partition coefficient (Wildman–Crippen LogP) is 3.24. The first-order valence-corrected chi connectivity index (χ1v) is 7.34. The minimum Gasteiger partial charge on any atom is -0.486 e. The Morgan fingerprint density at radius 1 is 1.29 bits per heavy atom. The molecule has 2 rings (SSSR count). The van der Waals surface area contributed by atoms with Crippen LogP contribution in [0.4, 0.5) is 0 Å². The van der Waals surface area contributed by atoms with Crippen LogP contribution in [0, 0.1) is 6.92 Å². The van der Waals surface area contributed by atoms with Gasteiger partial charge in [0.15, 0.2) is 0 Å². The Morgan fingerprint density at radius 2 is 1.90 bits per heavy atom. The lowest BCUT2D eigenvalue weighted by molar-refractivity contribution is -0.0761. The first-order chi connectivity index (χ1) is 9.90. The summed E-state index contributed by atoms with van der Waals surface area (Å²) < 4.78 is 6.16. The van der Waals surface area contributed by atoms with Gasteiger partial charge in [0.25, 0.3) is 0 Å². The van der Waals surface area contributed by atoms with E-state index in [2.05, 4.69) is 18.1 Å². The van der Waals surface area contributed by atoms with E-state index in [-0.39, 0.29) is 6.04 Å². The van der Waals surface area contributed by atoms with Gasteiger partial charge in [-0.2, -0.15) is 0 Å². The predicted molar refractivity (Wildman–Crippen MR) is 86.6 cm³/mol. The molecular weight excluding hydrogens is 262 g/mol. The highest BCUT2D eigenvalue weighted by Crippen LogP contribution is 2.42. The van der Waals surface area contributed by atoms with Gasteiger partial charge < -0.3 is 9.84 Å². The fourth-order valence-corrected chi connectivity index (χ4v) is 3.16. The van der Waals surface area contributed by atoms with Crippen molar-refractivity contribution in [3.8, 4) is 5.75 Å². The lowest BCUT2D eigenvalue weighted by atomic mass is 9.84. The van der Waals surface area contributed by atoms with Crippen LogP contribution in [0.2, 0.25) is 0 Å². The number of nitrogens with zero attached hydrogens (tertiary/aromatic N) is 1. The Kier molecular flexibility index (Phi) is 4.55. The van der Waals surface area contributed by atoms with Crippen LogP contribution in [0.3, 0.4) is 0 Å².